The zero-order chi connectivity index (χ0) is 79.9. The molecule has 0 aromatic heterocycles. The Hall–Kier alpha value is -8.09. The van der Waals surface area contributed by atoms with E-state index < -0.39 is 18.0 Å². The van der Waals surface area contributed by atoms with Gasteiger partial charge >= 0.3 is 47.8 Å². The Morgan fingerprint density at radius 2 is 0.637 bits per heavy atom. The van der Waals surface area contributed by atoms with Crippen molar-refractivity contribution in [2.45, 2.75) is 213 Å². The number of aliphatic hydroxyl groups excluding tert-OH is 1. The summed E-state index contributed by atoms with van der Waals surface area (Å²) in [5.74, 6) is -1.93. The molecule has 0 saturated heterocycles. The van der Waals surface area contributed by atoms with Crippen LogP contribution >= 0.6 is 0 Å². The number of ketones is 1. The molecule has 0 bridgehead atoms. The third-order valence-corrected chi connectivity index (χ3v) is 12.0. The summed E-state index contributed by atoms with van der Waals surface area (Å²) in [4.78, 5) is 119. The number of unbranched alkanes of at least 4 members (excludes halogenated alkanes) is 9. The summed E-state index contributed by atoms with van der Waals surface area (Å²) in [5, 5.41) is 9.31. The highest BCUT2D eigenvalue weighted by Gasteiger charge is 2.22. The van der Waals surface area contributed by atoms with Gasteiger partial charge in [-0.1, -0.05) is 143 Å². The van der Waals surface area contributed by atoms with E-state index >= 15 is 0 Å². The normalized spacial score (nSPS) is 10.9. The summed E-state index contributed by atoms with van der Waals surface area (Å²) in [5.41, 5.74) is 5.13. The van der Waals surface area contributed by atoms with E-state index in [-0.39, 0.29) is 91.7 Å². The highest BCUT2D eigenvalue weighted by molar-refractivity contribution is 5.94. The molecule has 23 heteroatoms. The van der Waals surface area contributed by atoms with Gasteiger partial charge in [0.2, 0.25) is 0 Å². The van der Waals surface area contributed by atoms with Crippen molar-refractivity contribution in [2.75, 3.05) is 79.3 Å². The van der Waals surface area contributed by atoms with Gasteiger partial charge in [0.1, 0.15) is 32.5 Å². The van der Waals surface area contributed by atoms with Crippen LogP contribution in [0.2, 0.25) is 0 Å². The second kappa shape index (κ2) is 66.2. The molecule has 0 saturated carbocycles. The number of hydrogen-bond donors (Lipinski definition) is 1. The molecule has 0 aliphatic carbocycles. The summed E-state index contributed by atoms with van der Waals surface area (Å²) >= 11 is 0. The number of Topliss-reactive ketones (excluding diaryl/α,β-unsaturated/α-hetero) is 1. The largest absolute Gasteiger partial charge is 0.499 e. The number of hydrogen-bond acceptors (Lipinski definition) is 23. The third kappa shape index (κ3) is 77.6. The summed E-state index contributed by atoms with van der Waals surface area (Å²) in [6.07, 6.45) is 11.5. The van der Waals surface area contributed by atoms with E-state index in [1.807, 2.05) is 41.5 Å². The number of esters is 8. The maximum absolute atomic E-state index is 11.2. The van der Waals surface area contributed by atoms with Gasteiger partial charge < -0.3 is 47.7 Å². The van der Waals surface area contributed by atoms with Crippen molar-refractivity contribution in [3.8, 4) is 0 Å². The monoisotopic (exact) mass is 1440 g/mol. The van der Waals surface area contributed by atoms with Crippen molar-refractivity contribution in [3.63, 3.8) is 0 Å². The molecule has 0 rings (SSSR count). The van der Waals surface area contributed by atoms with Crippen LogP contribution in [0.15, 0.2) is 146 Å². The van der Waals surface area contributed by atoms with Crippen LogP contribution in [0.5, 0.6) is 0 Å². The summed E-state index contributed by atoms with van der Waals surface area (Å²) < 4.78 is 45.0. The zero-order valence-corrected chi connectivity index (χ0v) is 65.0. The van der Waals surface area contributed by atoms with Gasteiger partial charge in [0, 0.05) is 56.4 Å². The first-order valence-electron chi connectivity index (χ1n) is 33.9. The molecule has 23 nitrogen and oxygen atoms in total. The summed E-state index contributed by atoms with van der Waals surface area (Å²) in [6, 6.07) is 0. The predicted octanol–water partition coefficient (Wildman–Crippen LogP) is 15.5. The number of ether oxygens (including phenoxy) is 9. The Labute approximate surface area is 611 Å². The lowest BCUT2D eigenvalue weighted by Gasteiger charge is -2.23. The van der Waals surface area contributed by atoms with Gasteiger partial charge in [0.05, 0.1) is 64.7 Å². The first kappa shape index (κ1) is 105. The highest BCUT2D eigenvalue weighted by atomic mass is 17.2. The van der Waals surface area contributed by atoms with E-state index in [4.69, 9.17) is 57.3 Å². The molecule has 0 spiro atoms. The number of carbonyl (C=O) groups is 9. The maximum atomic E-state index is 11.2. The minimum atomic E-state index is -0.923. The van der Waals surface area contributed by atoms with Crippen LogP contribution in [-0.2, 0) is 105 Å². The van der Waals surface area contributed by atoms with Gasteiger partial charge in [-0.3, -0.25) is 4.79 Å². The average Bonchev–Trinajstić information content (AvgIpc) is 0.936. The van der Waals surface area contributed by atoms with Crippen molar-refractivity contribution in [1.82, 2.24) is 0 Å². The SMILES string of the molecule is C=C(C)C(=O)CCCOC(=O)C(=C)C.C=C(C)C(=O)OCCCCCCCCCOC(=O)C(=C)C.C=C(C)C(=O)OCCCCCCOC(=O)C(=C)C.C=C(C)COOCC(C)(C)COC(=O)C(=C)C.C=C(C)COOCC(O)COC(=O)C(=C)C.C=C(C)OCC(C)CC(C)OC(=O)C(=C)C. The van der Waals surface area contributed by atoms with Crippen LogP contribution in [0, 0.1) is 11.3 Å². The minimum absolute atomic E-state index is 0.0105. The lowest BCUT2D eigenvalue weighted by molar-refractivity contribution is -0.303. The van der Waals surface area contributed by atoms with Gasteiger partial charge in [-0.2, -0.15) is 0 Å². The Kier molecular flexibility index (Phi) is 68.0. The van der Waals surface area contributed by atoms with Crippen LogP contribution in [0.1, 0.15) is 201 Å². The molecule has 0 amide bonds. The quantitative estimate of drug-likeness (QED) is 0.00865. The van der Waals surface area contributed by atoms with E-state index in [2.05, 4.69) is 83.8 Å². The van der Waals surface area contributed by atoms with Crippen LogP contribution in [-0.4, -0.2) is 150 Å². The number of allylic oxidation sites excluding steroid dienone is 2. The molecule has 102 heavy (non-hydrogen) atoms. The second-order valence-corrected chi connectivity index (χ2v) is 25.7. The Morgan fingerprint density at radius 3 is 0.951 bits per heavy atom. The standard InChI is InChI=1S/C17H28O4.C14H22O4.C13H22O4.C13H22O3.C11H18O5.C11H16O3/c1-14(2)16(18)20-12-10-8-6-5-7-9-11-13-21-17(19)15(3)4;1-11(2)13(15)17-9-7-5-6-8-10-18-14(16)12(3)4;1-10(2)7-16-17-9-13(5,6)8-15-12(14)11(3)4;1-9(2)13(14)16-12(6)7-11(5)8-15-10(3)4;1-8(2)5-15-16-7-10(12)6-14-11(13)9(3)4;1-8(2)10(12)6-5-7-14-11(13)9(3)4/h1,3,5-13H2,2,4H3;1,3,5-10H2,2,4H3;1,3,7-9H2,2,4-6H3;11-12H,1,3,7-8H2,2,4-6H3;10,12H,1,3,5-7H2,2,4H3;1,3,5-7H2,2,4H3. The fraction of sp³-hybridized carbons (Fsp3) is 0.582. The van der Waals surface area contributed by atoms with Crippen LogP contribution < -0.4 is 0 Å². The van der Waals surface area contributed by atoms with Crippen LogP contribution in [0.4, 0.5) is 0 Å². The minimum Gasteiger partial charge on any atom is -0.499 e. The summed E-state index contributed by atoms with van der Waals surface area (Å²) in [6.45, 7) is 73.8. The predicted molar refractivity (Wildman–Crippen MR) is 398 cm³/mol. The lowest BCUT2D eigenvalue weighted by Crippen LogP contribution is -2.27. The first-order chi connectivity index (χ1) is 47.3. The fourth-order valence-electron chi connectivity index (χ4n) is 6.16. The average molecular weight is 1450 g/mol. The molecular weight excluding hydrogens is 1320 g/mol. The van der Waals surface area contributed by atoms with Crippen molar-refractivity contribution >= 4 is 53.5 Å². The number of aliphatic hydroxyl groups is 1. The summed E-state index contributed by atoms with van der Waals surface area (Å²) in [7, 11) is 0. The molecule has 0 aromatic carbocycles. The van der Waals surface area contributed by atoms with Gasteiger partial charge in [-0.05, 0) is 153 Å². The zero-order valence-electron chi connectivity index (χ0n) is 65.0. The number of carbonyl (C=O) groups excluding carboxylic acids is 9. The highest BCUT2D eigenvalue weighted by Crippen LogP contribution is 2.18. The molecular formula is C79H128O23. The maximum Gasteiger partial charge on any atom is 0.333 e. The molecule has 0 fully saturated rings. The molecule has 0 aliphatic heterocycles. The molecule has 3 atom stereocenters. The van der Waals surface area contributed by atoms with Gasteiger partial charge in [-0.15, -0.1) is 0 Å². The fourth-order valence-corrected chi connectivity index (χ4v) is 6.16. The molecule has 0 radical (unpaired) electrons. The van der Waals surface area contributed by atoms with Crippen LogP contribution in [0.25, 0.3) is 0 Å². The Balaban J connectivity index is -0.000000272. The van der Waals surface area contributed by atoms with E-state index in [1.54, 1.807) is 62.3 Å². The van der Waals surface area contributed by atoms with E-state index in [0.29, 0.717) is 115 Å². The smallest absolute Gasteiger partial charge is 0.333 e. The molecule has 0 aromatic rings. The Bertz CT molecular complexity index is 2590. The lowest BCUT2D eigenvalue weighted by atomic mass is 9.96. The van der Waals surface area contributed by atoms with Gasteiger partial charge in [-0.25, -0.2) is 57.9 Å². The number of rotatable bonds is 50. The molecule has 0 aliphatic rings. The van der Waals surface area contributed by atoms with Crippen molar-refractivity contribution < 1.29 is 110 Å². The second-order valence-electron chi connectivity index (χ2n) is 25.7. The molecule has 0 heterocycles. The van der Waals surface area contributed by atoms with Gasteiger partial charge in [0.15, 0.2) is 5.78 Å². The molecule has 3 unspecified atom stereocenters. The Morgan fingerprint density at radius 1 is 0.333 bits per heavy atom. The molecule has 582 valence electrons. The topological polar surface area (TPSA) is 294 Å². The van der Waals surface area contributed by atoms with E-state index in [1.165, 1.54) is 6.92 Å². The van der Waals surface area contributed by atoms with E-state index in [0.717, 1.165) is 88.2 Å². The first-order valence-corrected chi connectivity index (χ1v) is 33.9. The van der Waals surface area contributed by atoms with E-state index in [9.17, 15) is 48.3 Å². The van der Waals surface area contributed by atoms with Crippen LogP contribution in [0.3, 0.4) is 0 Å². The molecule has 1 N–H and O–H groups in total. The van der Waals surface area contributed by atoms with Crippen molar-refractivity contribution in [3.05, 3.63) is 146 Å². The van der Waals surface area contributed by atoms with Crippen molar-refractivity contribution in [2.24, 2.45) is 11.3 Å². The van der Waals surface area contributed by atoms with Crippen molar-refractivity contribution in [1.29, 1.82) is 0 Å². The van der Waals surface area contributed by atoms with Gasteiger partial charge in [0.25, 0.3) is 0 Å². The third-order valence-electron chi connectivity index (χ3n) is 12.0.